The van der Waals surface area contributed by atoms with Crippen molar-refractivity contribution in [1.82, 2.24) is 24.7 Å². The molecule has 0 unspecified atom stereocenters. The summed E-state index contributed by atoms with van der Waals surface area (Å²) in [6, 6.07) is 11.6. The number of carbonyl (C=O) groups excluding carboxylic acids is 1. The van der Waals surface area contributed by atoms with Crippen LogP contribution in [0.3, 0.4) is 0 Å². The number of methoxy groups -OCH3 is 1. The van der Waals surface area contributed by atoms with Crippen molar-refractivity contribution in [2.75, 3.05) is 26.7 Å². The number of aryl methyl sites for hydroxylation is 2. The van der Waals surface area contributed by atoms with E-state index >= 15 is 0 Å². The first-order valence-electron chi connectivity index (χ1n) is 13.8. The van der Waals surface area contributed by atoms with E-state index in [0.29, 0.717) is 28.3 Å². The van der Waals surface area contributed by atoms with Gasteiger partial charge in [-0.25, -0.2) is 8.42 Å². The monoisotopic (exact) mass is 567 g/mol. The Morgan fingerprint density at radius 1 is 1.07 bits per heavy atom. The lowest BCUT2D eigenvalue weighted by Crippen LogP contribution is -2.35. The maximum absolute atomic E-state index is 13.7. The second-order valence-electron chi connectivity index (χ2n) is 10.7. The van der Waals surface area contributed by atoms with Crippen molar-refractivity contribution >= 4 is 15.9 Å². The summed E-state index contributed by atoms with van der Waals surface area (Å²) in [4.78, 5) is 15.4. The molecule has 10 nitrogen and oxygen atoms in total. The van der Waals surface area contributed by atoms with Crippen molar-refractivity contribution in [2.24, 2.45) is 0 Å². The molecule has 1 aliphatic heterocycles. The van der Waals surface area contributed by atoms with Gasteiger partial charge in [0.1, 0.15) is 5.75 Å². The number of sulfonamides is 1. The molecule has 2 fully saturated rings. The highest BCUT2D eigenvalue weighted by Gasteiger charge is 2.39. The van der Waals surface area contributed by atoms with E-state index in [0.717, 1.165) is 38.0 Å². The van der Waals surface area contributed by atoms with Crippen LogP contribution in [0.4, 0.5) is 0 Å². The second kappa shape index (κ2) is 12.1. The van der Waals surface area contributed by atoms with E-state index in [2.05, 4.69) is 32.5 Å². The Balaban J connectivity index is 1.17. The first-order chi connectivity index (χ1) is 19.2. The number of benzene rings is 2. The Kier molecular flexibility index (Phi) is 8.53. The Morgan fingerprint density at radius 3 is 2.35 bits per heavy atom. The molecule has 11 heteroatoms. The fourth-order valence-electron chi connectivity index (χ4n) is 5.29. The first kappa shape index (κ1) is 28.3. The van der Waals surface area contributed by atoms with Gasteiger partial charge in [0.15, 0.2) is 0 Å². The number of rotatable bonds is 12. The van der Waals surface area contributed by atoms with Crippen LogP contribution in [0.15, 0.2) is 45.7 Å². The minimum absolute atomic E-state index is 0.0571. The molecule has 1 saturated heterocycles. The summed E-state index contributed by atoms with van der Waals surface area (Å²) in [5.41, 5.74) is 3.52. The molecule has 1 aromatic heterocycles. The number of nitrogens with one attached hydrogen (secondary N) is 1. The third-order valence-corrected chi connectivity index (χ3v) is 9.74. The zero-order valence-electron chi connectivity index (χ0n) is 23.4. The van der Waals surface area contributed by atoms with Gasteiger partial charge in [-0.15, -0.1) is 10.2 Å². The third-order valence-electron chi connectivity index (χ3n) is 7.48. The predicted octanol–water partition coefficient (Wildman–Crippen LogP) is 3.62. The SMILES string of the molecule is COc1cc(C)c(S(=O)(=O)N(CCc2nnc(C(=O)NCc3ccc(CN4CCCC4)cc3)o2)C2CC2)c(C)c1. The molecule has 1 amide bonds. The van der Waals surface area contributed by atoms with E-state index in [1.54, 1.807) is 33.1 Å². The van der Waals surface area contributed by atoms with Gasteiger partial charge in [0.2, 0.25) is 15.9 Å². The minimum atomic E-state index is -3.75. The minimum Gasteiger partial charge on any atom is -0.497 e. The lowest BCUT2D eigenvalue weighted by molar-refractivity contribution is 0.0914. The fourth-order valence-corrected chi connectivity index (χ4v) is 7.39. The second-order valence-corrected chi connectivity index (χ2v) is 12.5. The predicted molar refractivity (Wildman–Crippen MR) is 150 cm³/mol. The van der Waals surface area contributed by atoms with Crippen LogP contribution in [0.25, 0.3) is 0 Å². The summed E-state index contributed by atoms with van der Waals surface area (Å²) in [6.45, 7) is 7.34. The highest BCUT2D eigenvalue weighted by molar-refractivity contribution is 7.89. The van der Waals surface area contributed by atoms with Crippen molar-refractivity contribution < 1.29 is 22.4 Å². The Labute approximate surface area is 235 Å². The molecule has 3 aromatic rings. The lowest BCUT2D eigenvalue weighted by Gasteiger charge is -2.24. The van der Waals surface area contributed by atoms with Crippen LogP contribution in [0.5, 0.6) is 5.75 Å². The number of hydrogen-bond donors (Lipinski definition) is 1. The van der Waals surface area contributed by atoms with Crippen molar-refractivity contribution in [3.63, 3.8) is 0 Å². The molecule has 1 N–H and O–H groups in total. The van der Waals surface area contributed by atoms with Crippen LogP contribution in [0.1, 0.15) is 64.5 Å². The smallest absolute Gasteiger partial charge is 0.309 e. The van der Waals surface area contributed by atoms with Crippen LogP contribution < -0.4 is 10.1 Å². The van der Waals surface area contributed by atoms with E-state index < -0.39 is 15.9 Å². The average molecular weight is 568 g/mol. The molecule has 1 aliphatic carbocycles. The van der Waals surface area contributed by atoms with Crippen molar-refractivity contribution in [2.45, 2.75) is 70.0 Å². The number of nitrogens with zero attached hydrogens (tertiary/aromatic N) is 4. The number of likely N-dealkylation sites (tertiary alicyclic amines) is 1. The molecule has 2 heterocycles. The molecule has 40 heavy (non-hydrogen) atoms. The van der Waals surface area contributed by atoms with Gasteiger partial charge in [-0.2, -0.15) is 4.31 Å². The van der Waals surface area contributed by atoms with Gasteiger partial charge in [0.05, 0.1) is 12.0 Å². The average Bonchev–Trinajstić information content (AvgIpc) is 3.40. The van der Waals surface area contributed by atoms with Crippen LogP contribution >= 0.6 is 0 Å². The van der Waals surface area contributed by atoms with E-state index in [-0.39, 0.29) is 30.8 Å². The number of hydrogen-bond acceptors (Lipinski definition) is 8. The molecular weight excluding hydrogens is 530 g/mol. The molecule has 2 aliphatic rings. The maximum Gasteiger partial charge on any atom is 0.309 e. The molecule has 0 spiro atoms. The zero-order chi connectivity index (χ0) is 28.3. The van der Waals surface area contributed by atoms with E-state index in [1.807, 2.05) is 12.1 Å². The Morgan fingerprint density at radius 2 is 1.73 bits per heavy atom. The summed E-state index contributed by atoms with van der Waals surface area (Å²) in [7, 11) is -2.19. The van der Waals surface area contributed by atoms with Gasteiger partial charge in [-0.1, -0.05) is 24.3 Å². The molecule has 5 rings (SSSR count). The van der Waals surface area contributed by atoms with E-state index in [4.69, 9.17) is 9.15 Å². The summed E-state index contributed by atoms with van der Waals surface area (Å²) < 4.78 is 39.7. The van der Waals surface area contributed by atoms with Crippen molar-refractivity contribution in [3.05, 3.63) is 70.4 Å². The van der Waals surface area contributed by atoms with Gasteiger partial charge >= 0.3 is 11.8 Å². The van der Waals surface area contributed by atoms with Crippen LogP contribution in [0, 0.1) is 13.8 Å². The van der Waals surface area contributed by atoms with Gasteiger partial charge in [0.25, 0.3) is 0 Å². The summed E-state index contributed by atoms with van der Waals surface area (Å²) >= 11 is 0. The number of carbonyl (C=O) groups is 1. The van der Waals surface area contributed by atoms with Crippen LogP contribution in [-0.2, 0) is 29.5 Å². The van der Waals surface area contributed by atoms with E-state index in [9.17, 15) is 13.2 Å². The van der Waals surface area contributed by atoms with Crippen molar-refractivity contribution in [3.8, 4) is 5.75 Å². The molecule has 0 radical (unpaired) electrons. The molecule has 0 atom stereocenters. The zero-order valence-corrected chi connectivity index (χ0v) is 24.2. The molecule has 1 saturated carbocycles. The number of ether oxygens (including phenoxy) is 1. The van der Waals surface area contributed by atoms with Crippen molar-refractivity contribution in [1.29, 1.82) is 0 Å². The standard InChI is InChI=1S/C29H37N5O5S/c1-20-16-25(38-3)17-21(2)27(20)40(36,37)34(24-10-11-24)15-12-26-31-32-29(39-26)28(35)30-18-22-6-8-23(9-7-22)19-33-13-4-5-14-33/h6-9,16-17,24H,4-5,10-15,18-19H2,1-3H3,(H,30,35). The first-order valence-corrected chi connectivity index (χ1v) is 15.3. The highest BCUT2D eigenvalue weighted by atomic mass is 32.2. The van der Waals surface area contributed by atoms with Crippen LogP contribution in [0.2, 0.25) is 0 Å². The summed E-state index contributed by atoms with van der Waals surface area (Å²) in [5, 5.41) is 10.7. The lowest BCUT2D eigenvalue weighted by atomic mass is 10.1. The molecular formula is C29H37N5O5S. The van der Waals surface area contributed by atoms with Gasteiger partial charge in [0, 0.05) is 32.1 Å². The van der Waals surface area contributed by atoms with Gasteiger partial charge in [-0.3, -0.25) is 9.69 Å². The molecule has 214 valence electrons. The molecule has 2 aromatic carbocycles. The summed E-state index contributed by atoms with van der Waals surface area (Å²) in [5.74, 6) is 0.248. The van der Waals surface area contributed by atoms with Gasteiger partial charge in [-0.05, 0) is 87.0 Å². The van der Waals surface area contributed by atoms with E-state index in [1.165, 1.54) is 22.7 Å². The topological polar surface area (TPSA) is 118 Å². The van der Waals surface area contributed by atoms with Gasteiger partial charge < -0.3 is 14.5 Å². The summed E-state index contributed by atoms with van der Waals surface area (Å²) in [6.07, 6.45) is 4.36. The quantitative estimate of drug-likeness (QED) is 0.353. The normalized spacial score (nSPS) is 16.0. The largest absolute Gasteiger partial charge is 0.497 e. The molecule has 0 bridgehead atoms. The van der Waals surface area contributed by atoms with Crippen LogP contribution in [-0.4, -0.2) is 66.5 Å². The Hall–Kier alpha value is -3.28. The number of amides is 1. The number of aromatic nitrogens is 2. The Bertz CT molecular complexity index is 1420. The fraction of sp³-hybridized carbons (Fsp3) is 0.483. The maximum atomic E-state index is 13.7. The highest BCUT2D eigenvalue weighted by Crippen LogP contribution is 2.35. The third kappa shape index (κ3) is 6.54.